The summed E-state index contributed by atoms with van der Waals surface area (Å²) in [6.07, 6.45) is 3.02. The third-order valence-electron chi connectivity index (χ3n) is 5.96. The van der Waals surface area contributed by atoms with Crippen LogP contribution in [0.4, 0.5) is 5.00 Å². The molecule has 1 fully saturated rings. The maximum atomic E-state index is 13.3. The Hall–Kier alpha value is -2.39. The Balaban J connectivity index is 1.63. The molecule has 1 aliphatic heterocycles. The van der Waals surface area contributed by atoms with E-state index in [9.17, 15) is 18.0 Å². The summed E-state index contributed by atoms with van der Waals surface area (Å²) in [5.41, 5.74) is 1.85. The Kier molecular flexibility index (Phi) is 6.57. The van der Waals surface area contributed by atoms with Gasteiger partial charge in [0.2, 0.25) is 0 Å². The fourth-order valence-electron chi connectivity index (χ4n) is 4.35. The largest absolute Gasteiger partial charge is 0.493 e. The summed E-state index contributed by atoms with van der Waals surface area (Å²) in [7, 11) is -3.11. The average molecular weight is 477 g/mol. The van der Waals surface area contributed by atoms with Gasteiger partial charge >= 0.3 is 0 Å². The Labute approximate surface area is 192 Å². The van der Waals surface area contributed by atoms with Crippen LogP contribution in [0, 0.1) is 5.92 Å². The first-order valence-electron chi connectivity index (χ1n) is 11.0. The zero-order valence-electron chi connectivity index (χ0n) is 18.3. The zero-order valence-corrected chi connectivity index (χ0v) is 19.9. The third kappa shape index (κ3) is 4.83. The van der Waals surface area contributed by atoms with Crippen LogP contribution in [-0.2, 0) is 22.7 Å². The van der Waals surface area contributed by atoms with Gasteiger partial charge in [-0.15, -0.1) is 11.3 Å². The standard InChI is InChI=1S/C23H28N2O5S2/c1-3-30-18-7-5-4-6-16(18)21(26)25-23-20(17-9-8-14(2)12-19(17)31-23)22(27)24-15-10-11-32(28,29)13-15/h4-7,14-15H,3,8-13H2,1-2H3,(H,24,27)(H,25,26). The van der Waals surface area contributed by atoms with E-state index in [0.29, 0.717) is 40.8 Å². The van der Waals surface area contributed by atoms with E-state index in [2.05, 4.69) is 17.6 Å². The van der Waals surface area contributed by atoms with Crippen LogP contribution in [0.25, 0.3) is 0 Å². The fourth-order valence-corrected chi connectivity index (χ4v) is 7.43. The van der Waals surface area contributed by atoms with Crippen molar-refractivity contribution in [1.29, 1.82) is 0 Å². The minimum atomic E-state index is -3.11. The van der Waals surface area contributed by atoms with Crippen LogP contribution in [0.3, 0.4) is 0 Å². The molecular weight excluding hydrogens is 448 g/mol. The van der Waals surface area contributed by atoms with E-state index < -0.39 is 15.9 Å². The molecule has 2 amide bonds. The highest BCUT2D eigenvalue weighted by Crippen LogP contribution is 2.40. The number of para-hydroxylation sites is 1. The van der Waals surface area contributed by atoms with Crippen molar-refractivity contribution in [2.45, 2.75) is 45.6 Å². The van der Waals surface area contributed by atoms with E-state index in [4.69, 9.17) is 4.74 Å². The van der Waals surface area contributed by atoms with Crippen LogP contribution in [0.5, 0.6) is 5.75 Å². The lowest BCUT2D eigenvalue weighted by molar-refractivity contribution is 0.0941. The van der Waals surface area contributed by atoms with Gasteiger partial charge in [-0.3, -0.25) is 9.59 Å². The molecule has 9 heteroatoms. The maximum Gasteiger partial charge on any atom is 0.260 e. The molecule has 1 saturated heterocycles. The van der Waals surface area contributed by atoms with Crippen molar-refractivity contribution in [2.75, 3.05) is 23.4 Å². The number of thiophene rings is 1. The molecule has 1 aliphatic carbocycles. The van der Waals surface area contributed by atoms with Crippen LogP contribution >= 0.6 is 11.3 Å². The number of rotatable bonds is 6. The molecule has 4 rings (SSSR count). The van der Waals surface area contributed by atoms with Gasteiger partial charge in [-0.05, 0) is 56.2 Å². The first-order chi connectivity index (χ1) is 15.3. The molecule has 1 aromatic heterocycles. The topological polar surface area (TPSA) is 102 Å². The summed E-state index contributed by atoms with van der Waals surface area (Å²) >= 11 is 1.44. The molecule has 0 saturated carbocycles. The normalized spacial score (nSPS) is 21.6. The van der Waals surface area contributed by atoms with Gasteiger partial charge in [0.25, 0.3) is 11.8 Å². The van der Waals surface area contributed by atoms with E-state index in [-0.39, 0.29) is 23.3 Å². The predicted molar refractivity (Wildman–Crippen MR) is 126 cm³/mol. The predicted octanol–water partition coefficient (Wildman–Crippen LogP) is 3.44. The van der Waals surface area contributed by atoms with Crippen molar-refractivity contribution >= 4 is 38.0 Å². The number of benzene rings is 1. The van der Waals surface area contributed by atoms with E-state index >= 15 is 0 Å². The number of hydrogen-bond acceptors (Lipinski definition) is 6. The second kappa shape index (κ2) is 9.23. The molecule has 0 radical (unpaired) electrons. The Morgan fingerprint density at radius 1 is 1.19 bits per heavy atom. The quantitative estimate of drug-likeness (QED) is 0.665. The number of nitrogens with one attached hydrogen (secondary N) is 2. The summed E-state index contributed by atoms with van der Waals surface area (Å²) in [5.74, 6) is 0.412. The van der Waals surface area contributed by atoms with Crippen molar-refractivity contribution in [3.8, 4) is 5.75 Å². The molecule has 2 heterocycles. The minimum Gasteiger partial charge on any atom is -0.493 e. The number of carbonyl (C=O) groups excluding carboxylic acids is 2. The molecule has 32 heavy (non-hydrogen) atoms. The summed E-state index contributed by atoms with van der Waals surface area (Å²) in [6, 6.07) is 6.62. The number of fused-ring (bicyclic) bond motifs is 1. The second-order valence-corrected chi connectivity index (χ2v) is 11.8. The lowest BCUT2D eigenvalue weighted by Gasteiger charge is -2.19. The molecular formula is C23H28N2O5S2. The molecule has 0 spiro atoms. The van der Waals surface area contributed by atoms with Crippen molar-refractivity contribution in [2.24, 2.45) is 5.92 Å². The van der Waals surface area contributed by atoms with Crippen LogP contribution in [-0.4, -0.2) is 44.4 Å². The number of carbonyl (C=O) groups is 2. The highest BCUT2D eigenvalue weighted by atomic mass is 32.2. The molecule has 2 aromatic rings. The van der Waals surface area contributed by atoms with Crippen LogP contribution in [0.2, 0.25) is 0 Å². The van der Waals surface area contributed by atoms with Gasteiger partial charge in [0.15, 0.2) is 9.84 Å². The average Bonchev–Trinajstić information content (AvgIpc) is 3.26. The SMILES string of the molecule is CCOc1ccccc1C(=O)Nc1sc2c(c1C(=O)NC1CCS(=O)(=O)C1)CCC(C)C2. The maximum absolute atomic E-state index is 13.3. The minimum absolute atomic E-state index is 0.0362. The third-order valence-corrected chi connectivity index (χ3v) is 8.90. The number of hydrogen-bond donors (Lipinski definition) is 2. The number of ether oxygens (including phenoxy) is 1. The van der Waals surface area contributed by atoms with Crippen LogP contribution in [0.15, 0.2) is 24.3 Å². The molecule has 2 atom stereocenters. The highest BCUT2D eigenvalue weighted by molar-refractivity contribution is 7.91. The van der Waals surface area contributed by atoms with Gasteiger partial charge in [-0.1, -0.05) is 19.1 Å². The number of amides is 2. The highest BCUT2D eigenvalue weighted by Gasteiger charge is 2.33. The zero-order chi connectivity index (χ0) is 22.9. The lowest BCUT2D eigenvalue weighted by atomic mass is 9.88. The van der Waals surface area contributed by atoms with Crippen molar-refractivity contribution in [3.63, 3.8) is 0 Å². The van der Waals surface area contributed by atoms with Gasteiger partial charge in [0, 0.05) is 10.9 Å². The lowest BCUT2D eigenvalue weighted by Crippen LogP contribution is -2.36. The van der Waals surface area contributed by atoms with E-state index in [0.717, 1.165) is 29.7 Å². The van der Waals surface area contributed by atoms with Gasteiger partial charge in [0.05, 0.1) is 29.2 Å². The van der Waals surface area contributed by atoms with E-state index in [1.807, 2.05) is 13.0 Å². The van der Waals surface area contributed by atoms with E-state index in [1.54, 1.807) is 18.2 Å². The van der Waals surface area contributed by atoms with Gasteiger partial charge in [-0.25, -0.2) is 8.42 Å². The number of sulfone groups is 1. The Morgan fingerprint density at radius 2 is 1.97 bits per heavy atom. The summed E-state index contributed by atoms with van der Waals surface area (Å²) in [5, 5.41) is 6.35. The first-order valence-corrected chi connectivity index (χ1v) is 13.6. The fraction of sp³-hybridized carbons (Fsp3) is 0.478. The van der Waals surface area contributed by atoms with Crippen LogP contribution in [0.1, 0.15) is 57.8 Å². The van der Waals surface area contributed by atoms with E-state index in [1.165, 1.54) is 11.3 Å². The first kappa shape index (κ1) is 22.8. The molecule has 0 bridgehead atoms. The summed E-state index contributed by atoms with van der Waals surface area (Å²) in [4.78, 5) is 27.5. The van der Waals surface area contributed by atoms with Crippen LogP contribution < -0.4 is 15.4 Å². The molecule has 7 nitrogen and oxygen atoms in total. The molecule has 2 N–H and O–H groups in total. The molecule has 2 aliphatic rings. The molecule has 1 aromatic carbocycles. The molecule has 172 valence electrons. The Bertz CT molecular complexity index is 1140. The Morgan fingerprint density at radius 3 is 2.69 bits per heavy atom. The summed E-state index contributed by atoms with van der Waals surface area (Å²) in [6.45, 7) is 4.48. The summed E-state index contributed by atoms with van der Waals surface area (Å²) < 4.78 is 29.2. The van der Waals surface area contributed by atoms with Crippen molar-refractivity contribution in [3.05, 3.63) is 45.8 Å². The van der Waals surface area contributed by atoms with Gasteiger partial charge in [-0.2, -0.15) is 0 Å². The molecule has 2 unspecified atom stereocenters. The van der Waals surface area contributed by atoms with Crippen molar-refractivity contribution < 1.29 is 22.7 Å². The van der Waals surface area contributed by atoms with Crippen molar-refractivity contribution in [1.82, 2.24) is 5.32 Å². The van der Waals surface area contributed by atoms with Gasteiger partial charge < -0.3 is 15.4 Å². The second-order valence-electron chi connectivity index (χ2n) is 8.51. The monoisotopic (exact) mass is 476 g/mol. The number of anilines is 1. The van der Waals surface area contributed by atoms with Gasteiger partial charge in [0.1, 0.15) is 10.8 Å². The smallest absolute Gasteiger partial charge is 0.260 e.